The second kappa shape index (κ2) is 3.72. The van der Waals surface area contributed by atoms with Gasteiger partial charge in [0.25, 0.3) is 11.7 Å². The third kappa shape index (κ3) is 1.61. The lowest BCUT2D eigenvalue weighted by Gasteiger charge is -2.15. The number of hydrogen-bond acceptors (Lipinski definition) is 2. The molecule has 0 aliphatic carbocycles. The van der Waals surface area contributed by atoms with Gasteiger partial charge in [0.15, 0.2) is 0 Å². The van der Waals surface area contributed by atoms with Crippen molar-refractivity contribution in [3.63, 3.8) is 0 Å². The van der Waals surface area contributed by atoms with Crippen LogP contribution in [0, 0.1) is 5.82 Å². The number of Topliss-reactive ketones (excluding diaryl/α,β-unsaturated/α-hetero) is 1. The van der Waals surface area contributed by atoms with Crippen molar-refractivity contribution in [2.45, 2.75) is 0 Å². The number of halogens is 2. The summed E-state index contributed by atoms with van der Waals surface area (Å²) in [5.41, 5.74) is 0.445. The highest BCUT2D eigenvalue weighted by molar-refractivity contribution is 6.52. The van der Waals surface area contributed by atoms with Crippen LogP contribution < -0.4 is 4.90 Å². The third-order valence-electron chi connectivity index (χ3n) is 2.26. The van der Waals surface area contributed by atoms with Crippen molar-refractivity contribution in [2.24, 2.45) is 0 Å². The number of rotatable bonds is 2. The zero-order valence-electron chi connectivity index (χ0n) is 8.17. The minimum absolute atomic E-state index is 0.00256. The first-order chi connectivity index (χ1) is 7.50. The molecule has 5 heteroatoms. The number of benzene rings is 1. The number of fused-ring (bicyclic) bond motifs is 1. The number of nitrogens with zero attached hydrogens (tertiary/aromatic N) is 1. The fourth-order valence-electron chi connectivity index (χ4n) is 1.60. The van der Waals surface area contributed by atoms with Crippen LogP contribution >= 0.6 is 11.6 Å². The third-order valence-corrected chi connectivity index (χ3v) is 2.38. The maximum absolute atomic E-state index is 13.0. The molecule has 0 saturated heterocycles. The van der Waals surface area contributed by atoms with Crippen LogP contribution in [0.15, 0.2) is 29.8 Å². The average molecular weight is 240 g/mol. The predicted molar refractivity (Wildman–Crippen MR) is 58.1 cm³/mol. The number of hydrogen-bond donors (Lipinski definition) is 0. The summed E-state index contributed by atoms with van der Waals surface area (Å²) < 4.78 is 13.0. The maximum atomic E-state index is 13.0. The molecular weight excluding hydrogens is 233 g/mol. The number of anilines is 1. The van der Waals surface area contributed by atoms with Gasteiger partial charge in [0.2, 0.25) is 0 Å². The van der Waals surface area contributed by atoms with Gasteiger partial charge in [0, 0.05) is 5.03 Å². The van der Waals surface area contributed by atoms with Gasteiger partial charge in [0.1, 0.15) is 5.82 Å². The minimum atomic E-state index is -0.706. The molecule has 0 unspecified atom stereocenters. The maximum Gasteiger partial charge on any atom is 0.299 e. The van der Waals surface area contributed by atoms with Gasteiger partial charge >= 0.3 is 0 Å². The average Bonchev–Trinajstić information content (AvgIpc) is 2.43. The first-order valence-electron chi connectivity index (χ1n) is 4.49. The first-order valence-corrected chi connectivity index (χ1v) is 4.87. The Morgan fingerprint density at radius 1 is 1.44 bits per heavy atom. The molecule has 0 aromatic heterocycles. The Labute approximate surface area is 96.1 Å². The van der Waals surface area contributed by atoms with Crippen molar-refractivity contribution in [2.75, 3.05) is 11.4 Å². The van der Waals surface area contributed by atoms with E-state index in [1.54, 1.807) is 0 Å². The summed E-state index contributed by atoms with van der Waals surface area (Å²) in [5, 5.41) is 0.207. The number of ketones is 1. The van der Waals surface area contributed by atoms with Crippen LogP contribution in [0.5, 0.6) is 0 Å². The van der Waals surface area contributed by atoms with Crippen molar-refractivity contribution < 1.29 is 14.0 Å². The monoisotopic (exact) mass is 239 g/mol. The molecule has 0 atom stereocenters. The van der Waals surface area contributed by atoms with Crippen LogP contribution in [0.1, 0.15) is 10.4 Å². The van der Waals surface area contributed by atoms with E-state index >= 15 is 0 Å². The van der Waals surface area contributed by atoms with Gasteiger partial charge in [-0.05, 0) is 18.2 Å². The lowest BCUT2D eigenvalue weighted by molar-refractivity contribution is -0.114. The predicted octanol–water partition coefficient (Wildman–Crippen LogP) is 2.11. The van der Waals surface area contributed by atoms with Gasteiger partial charge in [-0.2, -0.15) is 0 Å². The van der Waals surface area contributed by atoms with Crippen LogP contribution in [-0.2, 0) is 4.79 Å². The normalized spacial score (nSPS) is 14.2. The van der Waals surface area contributed by atoms with Crippen molar-refractivity contribution in [1.29, 1.82) is 0 Å². The molecule has 3 nitrogen and oxygen atoms in total. The van der Waals surface area contributed by atoms with Gasteiger partial charge < -0.3 is 0 Å². The highest BCUT2D eigenvalue weighted by Crippen LogP contribution is 2.30. The van der Waals surface area contributed by atoms with E-state index in [1.807, 2.05) is 0 Å². The molecule has 0 fully saturated rings. The van der Waals surface area contributed by atoms with Crippen LogP contribution in [0.2, 0.25) is 0 Å². The summed E-state index contributed by atoms with van der Waals surface area (Å²) in [6, 6.07) is 3.57. The standard InChI is InChI=1S/C11H7ClFNO2/c1-6(12)5-14-9-4-7(13)2-3-8(9)10(15)11(14)16/h2-4H,1,5H2. The molecule has 0 spiro atoms. The second-order valence-corrected chi connectivity index (χ2v) is 3.93. The largest absolute Gasteiger partial charge is 0.299 e. The van der Waals surface area contributed by atoms with Crippen molar-refractivity contribution >= 4 is 29.0 Å². The summed E-state index contributed by atoms with van der Waals surface area (Å²) >= 11 is 5.58. The molecule has 1 aliphatic rings. The molecule has 1 aromatic carbocycles. The van der Waals surface area contributed by atoms with Crippen LogP contribution in [0.4, 0.5) is 10.1 Å². The highest BCUT2D eigenvalue weighted by atomic mass is 35.5. The lowest BCUT2D eigenvalue weighted by Crippen LogP contribution is -2.30. The Balaban J connectivity index is 2.51. The summed E-state index contributed by atoms with van der Waals surface area (Å²) in [5.74, 6) is -1.86. The summed E-state index contributed by atoms with van der Waals surface area (Å²) in [6.45, 7) is 3.44. The molecule has 1 amide bonds. The smallest absolute Gasteiger partial charge is 0.299 e. The quantitative estimate of drug-likeness (QED) is 0.742. The molecule has 0 saturated carbocycles. The van der Waals surface area contributed by atoms with Gasteiger partial charge in [-0.25, -0.2) is 4.39 Å². The Hall–Kier alpha value is -1.68. The van der Waals surface area contributed by atoms with Gasteiger partial charge in [-0.15, -0.1) is 0 Å². The SMILES string of the molecule is C=C(Cl)CN1C(=O)C(=O)c2ccc(F)cc21. The molecule has 1 aromatic rings. The number of carbonyl (C=O) groups is 2. The molecule has 1 heterocycles. The van der Waals surface area contributed by atoms with Crippen molar-refractivity contribution in [3.8, 4) is 0 Å². The van der Waals surface area contributed by atoms with E-state index in [1.165, 1.54) is 6.07 Å². The van der Waals surface area contributed by atoms with E-state index in [9.17, 15) is 14.0 Å². The van der Waals surface area contributed by atoms with Crippen LogP contribution in [0.25, 0.3) is 0 Å². The second-order valence-electron chi connectivity index (χ2n) is 3.40. The van der Waals surface area contributed by atoms with Crippen molar-refractivity contribution in [1.82, 2.24) is 0 Å². The zero-order chi connectivity index (χ0) is 11.9. The number of carbonyl (C=O) groups excluding carboxylic acids is 2. The number of amides is 1. The molecule has 82 valence electrons. The van der Waals surface area contributed by atoms with Gasteiger partial charge in [0.05, 0.1) is 17.8 Å². The van der Waals surface area contributed by atoms with E-state index in [4.69, 9.17) is 11.6 Å². The van der Waals surface area contributed by atoms with E-state index < -0.39 is 17.5 Å². The Kier molecular flexibility index (Phi) is 2.52. The van der Waals surface area contributed by atoms with E-state index in [0.717, 1.165) is 17.0 Å². The van der Waals surface area contributed by atoms with E-state index in [-0.39, 0.29) is 22.8 Å². The molecule has 2 rings (SSSR count). The fraction of sp³-hybridized carbons (Fsp3) is 0.0909. The molecule has 0 radical (unpaired) electrons. The highest BCUT2D eigenvalue weighted by Gasteiger charge is 2.35. The molecule has 0 N–H and O–H groups in total. The van der Waals surface area contributed by atoms with E-state index in [2.05, 4.69) is 6.58 Å². The van der Waals surface area contributed by atoms with Crippen LogP contribution in [-0.4, -0.2) is 18.2 Å². The summed E-state index contributed by atoms with van der Waals surface area (Å²) in [4.78, 5) is 24.2. The first kappa shape index (κ1) is 10.8. The molecular formula is C11H7ClFNO2. The topological polar surface area (TPSA) is 37.4 Å². The summed E-state index contributed by atoms with van der Waals surface area (Å²) in [6.07, 6.45) is 0. The zero-order valence-corrected chi connectivity index (χ0v) is 8.92. The summed E-state index contributed by atoms with van der Waals surface area (Å²) in [7, 11) is 0. The molecule has 16 heavy (non-hydrogen) atoms. The van der Waals surface area contributed by atoms with Crippen LogP contribution in [0.3, 0.4) is 0 Å². The Morgan fingerprint density at radius 2 is 2.12 bits per heavy atom. The Morgan fingerprint density at radius 3 is 2.75 bits per heavy atom. The van der Waals surface area contributed by atoms with Gasteiger partial charge in [-0.1, -0.05) is 18.2 Å². The van der Waals surface area contributed by atoms with Gasteiger partial charge in [-0.3, -0.25) is 14.5 Å². The Bertz CT molecular complexity index is 513. The van der Waals surface area contributed by atoms with Crippen molar-refractivity contribution in [3.05, 3.63) is 41.2 Å². The molecule has 0 bridgehead atoms. The molecule has 1 aliphatic heterocycles. The van der Waals surface area contributed by atoms with E-state index in [0.29, 0.717) is 0 Å². The minimum Gasteiger partial charge on any atom is -0.299 e. The fourth-order valence-corrected chi connectivity index (χ4v) is 1.72. The lowest BCUT2D eigenvalue weighted by atomic mass is 10.1.